The highest BCUT2D eigenvalue weighted by atomic mass is 16.4. The number of carboxylic acids is 1. The van der Waals surface area contributed by atoms with E-state index in [0.29, 0.717) is 5.82 Å². The van der Waals surface area contributed by atoms with Crippen LogP contribution in [-0.4, -0.2) is 43.2 Å². The van der Waals surface area contributed by atoms with E-state index in [1.54, 1.807) is 18.5 Å². The van der Waals surface area contributed by atoms with Crippen molar-refractivity contribution in [3.63, 3.8) is 0 Å². The molecule has 8 heteroatoms. The number of carbonyl (C=O) groups excluding carboxylic acids is 1. The van der Waals surface area contributed by atoms with Gasteiger partial charge in [0.05, 0.1) is 5.69 Å². The lowest BCUT2D eigenvalue weighted by molar-refractivity contribution is -0.139. The Morgan fingerprint density at radius 2 is 1.44 bits per heavy atom. The number of carboxylic acid groups (broad SMARTS) is 1. The zero-order valence-corrected chi connectivity index (χ0v) is 23.2. The molecular formula is C31H35N5O3. The van der Waals surface area contributed by atoms with Crippen molar-refractivity contribution in [2.24, 2.45) is 0 Å². The SMILES string of the molecule is CC(C)(C)c1ccc(-c2cnc(-c3ccc(CC(NC(=O)c4cc(C(C)(C)C)n[nH]4)C(=O)O)cc3)nc2)cc1. The van der Waals surface area contributed by atoms with E-state index < -0.39 is 17.9 Å². The van der Waals surface area contributed by atoms with E-state index in [1.807, 2.05) is 45.0 Å². The summed E-state index contributed by atoms with van der Waals surface area (Å²) in [6.45, 7) is 12.5. The summed E-state index contributed by atoms with van der Waals surface area (Å²) in [4.78, 5) is 33.6. The number of H-pyrrole nitrogens is 1. The fourth-order valence-corrected chi connectivity index (χ4v) is 4.07. The van der Waals surface area contributed by atoms with Crippen molar-refractivity contribution in [3.8, 4) is 22.5 Å². The summed E-state index contributed by atoms with van der Waals surface area (Å²) in [6.07, 6.45) is 3.74. The number of carbonyl (C=O) groups is 2. The largest absolute Gasteiger partial charge is 0.480 e. The third kappa shape index (κ3) is 6.76. The molecule has 0 aliphatic heterocycles. The quantitative estimate of drug-likeness (QED) is 0.291. The molecule has 4 rings (SSSR count). The zero-order valence-electron chi connectivity index (χ0n) is 23.2. The minimum atomic E-state index is -1.11. The number of aromatic nitrogens is 4. The average Bonchev–Trinajstić information content (AvgIpc) is 3.40. The molecule has 202 valence electrons. The summed E-state index contributed by atoms with van der Waals surface area (Å²) in [6, 6.07) is 16.4. The Bertz CT molecular complexity index is 1440. The molecule has 0 aliphatic rings. The molecule has 0 bridgehead atoms. The number of hydrogen-bond donors (Lipinski definition) is 3. The van der Waals surface area contributed by atoms with Crippen molar-refractivity contribution in [1.82, 2.24) is 25.5 Å². The second kappa shape index (κ2) is 10.8. The van der Waals surface area contributed by atoms with Gasteiger partial charge >= 0.3 is 5.97 Å². The van der Waals surface area contributed by atoms with E-state index in [0.717, 1.165) is 27.9 Å². The maximum atomic E-state index is 12.7. The van der Waals surface area contributed by atoms with Crippen LogP contribution in [0.1, 0.15) is 68.9 Å². The number of benzene rings is 2. The van der Waals surface area contributed by atoms with Gasteiger partial charge in [-0.3, -0.25) is 9.89 Å². The molecule has 3 N–H and O–H groups in total. The second-order valence-corrected chi connectivity index (χ2v) is 11.8. The molecule has 1 unspecified atom stereocenters. The Balaban J connectivity index is 1.42. The Morgan fingerprint density at radius 1 is 0.846 bits per heavy atom. The van der Waals surface area contributed by atoms with E-state index in [4.69, 9.17) is 0 Å². The first-order valence-corrected chi connectivity index (χ1v) is 12.9. The highest BCUT2D eigenvalue weighted by Crippen LogP contribution is 2.26. The lowest BCUT2D eigenvalue weighted by Gasteiger charge is -2.19. The standard InChI is InChI=1S/C31H35N5O3/c1-30(2,3)23-13-11-20(12-14-23)22-17-32-27(33-18-22)21-9-7-19(8-10-21)15-25(29(38)39)34-28(37)24-16-26(36-35-24)31(4,5)6/h7-14,16-18,25H,15H2,1-6H3,(H,34,37)(H,35,36)(H,38,39). The van der Waals surface area contributed by atoms with Crippen LogP contribution in [0, 0.1) is 0 Å². The Labute approximate surface area is 228 Å². The first-order chi connectivity index (χ1) is 18.3. The summed E-state index contributed by atoms with van der Waals surface area (Å²) >= 11 is 0. The van der Waals surface area contributed by atoms with E-state index >= 15 is 0 Å². The minimum Gasteiger partial charge on any atom is -0.480 e. The number of aromatic amines is 1. The maximum Gasteiger partial charge on any atom is 0.326 e. The van der Waals surface area contributed by atoms with Crippen LogP contribution in [0.15, 0.2) is 67.0 Å². The lowest BCUT2D eigenvalue weighted by Crippen LogP contribution is -2.42. The summed E-state index contributed by atoms with van der Waals surface area (Å²) in [5.74, 6) is -1.05. The van der Waals surface area contributed by atoms with Gasteiger partial charge in [0.25, 0.3) is 5.91 Å². The van der Waals surface area contributed by atoms with Gasteiger partial charge in [0.2, 0.25) is 0 Å². The number of amides is 1. The van der Waals surface area contributed by atoms with Gasteiger partial charge in [0, 0.05) is 35.4 Å². The van der Waals surface area contributed by atoms with E-state index in [9.17, 15) is 14.7 Å². The molecule has 2 aromatic heterocycles. The van der Waals surface area contributed by atoms with Gasteiger partial charge < -0.3 is 10.4 Å². The Kier molecular flexibility index (Phi) is 7.67. The Hall–Kier alpha value is -4.33. The van der Waals surface area contributed by atoms with Crippen LogP contribution >= 0.6 is 0 Å². The third-order valence-electron chi connectivity index (χ3n) is 6.58. The van der Waals surface area contributed by atoms with Crippen LogP contribution in [0.2, 0.25) is 0 Å². The van der Waals surface area contributed by atoms with Crippen molar-refractivity contribution < 1.29 is 14.7 Å². The van der Waals surface area contributed by atoms with Gasteiger partial charge in [0.15, 0.2) is 5.82 Å². The van der Waals surface area contributed by atoms with E-state index in [-0.39, 0.29) is 22.9 Å². The highest BCUT2D eigenvalue weighted by molar-refractivity contribution is 5.95. The van der Waals surface area contributed by atoms with Crippen LogP contribution in [0.3, 0.4) is 0 Å². The molecular weight excluding hydrogens is 490 g/mol. The van der Waals surface area contributed by atoms with E-state index in [2.05, 4.69) is 70.5 Å². The number of aliphatic carboxylic acids is 1. The summed E-state index contributed by atoms with van der Waals surface area (Å²) in [7, 11) is 0. The molecule has 0 radical (unpaired) electrons. The summed E-state index contributed by atoms with van der Waals surface area (Å²) in [5.41, 5.74) is 5.65. The first kappa shape index (κ1) is 27.7. The van der Waals surface area contributed by atoms with Crippen molar-refractivity contribution in [1.29, 1.82) is 0 Å². The van der Waals surface area contributed by atoms with Gasteiger partial charge in [-0.05, 0) is 28.2 Å². The minimum absolute atomic E-state index is 0.0942. The van der Waals surface area contributed by atoms with Gasteiger partial charge in [-0.25, -0.2) is 14.8 Å². The third-order valence-corrected chi connectivity index (χ3v) is 6.58. The fraction of sp³-hybridized carbons (Fsp3) is 0.323. The normalized spacial score (nSPS) is 12.7. The van der Waals surface area contributed by atoms with Gasteiger partial charge in [-0.15, -0.1) is 0 Å². The number of rotatable bonds is 7. The molecule has 4 aromatic rings. The van der Waals surface area contributed by atoms with Crippen LogP contribution in [0.5, 0.6) is 0 Å². The smallest absolute Gasteiger partial charge is 0.326 e. The first-order valence-electron chi connectivity index (χ1n) is 12.9. The van der Waals surface area contributed by atoms with E-state index in [1.165, 1.54) is 5.56 Å². The predicted molar refractivity (Wildman–Crippen MR) is 151 cm³/mol. The van der Waals surface area contributed by atoms with Crippen molar-refractivity contribution >= 4 is 11.9 Å². The molecule has 8 nitrogen and oxygen atoms in total. The molecule has 0 fully saturated rings. The van der Waals surface area contributed by atoms with Gasteiger partial charge in [0.1, 0.15) is 11.7 Å². The van der Waals surface area contributed by atoms with Gasteiger partial charge in [-0.1, -0.05) is 90.1 Å². The monoisotopic (exact) mass is 525 g/mol. The van der Waals surface area contributed by atoms with Crippen molar-refractivity contribution in [2.75, 3.05) is 0 Å². The second-order valence-electron chi connectivity index (χ2n) is 11.8. The molecule has 0 aliphatic carbocycles. The number of hydrogen-bond acceptors (Lipinski definition) is 5. The predicted octanol–water partition coefficient (Wildman–Crippen LogP) is 5.55. The molecule has 0 saturated heterocycles. The van der Waals surface area contributed by atoms with Gasteiger partial charge in [-0.2, -0.15) is 5.10 Å². The van der Waals surface area contributed by atoms with Crippen LogP contribution in [-0.2, 0) is 22.0 Å². The fourth-order valence-electron chi connectivity index (χ4n) is 4.07. The zero-order chi connectivity index (χ0) is 28.4. The summed E-state index contributed by atoms with van der Waals surface area (Å²) in [5, 5.41) is 19.2. The Morgan fingerprint density at radius 3 is 1.95 bits per heavy atom. The molecule has 2 heterocycles. The average molecular weight is 526 g/mol. The lowest BCUT2D eigenvalue weighted by atomic mass is 9.86. The topological polar surface area (TPSA) is 121 Å². The molecule has 1 amide bonds. The van der Waals surface area contributed by atoms with Crippen LogP contribution in [0.4, 0.5) is 0 Å². The molecule has 0 saturated carbocycles. The summed E-state index contributed by atoms with van der Waals surface area (Å²) < 4.78 is 0. The van der Waals surface area contributed by atoms with Crippen molar-refractivity contribution in [3.05, 3.63) is 89.5 Å². The molecule has 1 atom stereocenters. The number of nitrogens with one attached hydrogen (secondary N) is 2. The van der Waals surface area contributed by atoms with Crippen molar-refractivity contribution in [2.45, 2.75) is 64.8 Å². The van der Waals surface area contributed by atoms with Crippen LogP contribution < -0.4 is 5.32 Å². The molecule has 39 heavy (non-hydrogen) atoms. The maximum absolute atomic E-state index is 12.7. The number of nitrogens with zero attached hydrogens (tertiary/aromatic N) is 3. The molecule has 0 spiro atoms. The van der Waals surface area contributed by atoms with Crippen LogP contribution in [0.25, 0.3) is 22.5 Å². The molecule has 2 aromatic carbocycles. The highest BCUT2D eigenvalue weighted by Gasteiger charge is 2.24.